The third-order valence-electron chi connectivity index (χ3n) is 2.61. The molecule has 0 amide bonds. The largest absolute Gasteiger partial charge is 0.394 e. The second-order valence-electron chi connectivity index (χ2n) is 3.86. The standard InChI is InChI=1S/C13H11N5/c14-11-7-15-8-17-13(11)18-10-3-4-12-9(6-10)2-1-5-16-12/h1-8H,14H2,(H,15,17,18). The van der Waals surface area contributed by atoms with Gasteiger partial charge in [0.2, 0.25) is 0 Å². The number of nitrogens with two attached hydrogens (primary N) is 1. The summed E-state index contributed by atoms with van der Waals surface area (Å²) in [5.41, 5.74) is 8.17. The van der Waals surface area contributed by atoms with Crippen LogP contribution in [0.25, 0.3) is 10.9 Å². The van der Waals surface area contributed by atoms with Crippen LogP contribution >= 0.6 is 0 Å². The molecule has 0 aliphatic rings. The van der Waals surface area contributed by atoms with E-state index in [2.05, 4.69) is 20.3 Å². The number of nitrogen functional groups attached to an aromatic ring is 1. The Bertz CT molecular complexity index is 696. The third-order valence-corrected chi connectivity index (χ3v) is 2.61. The SMILES string of the molecule is Nc1cncnc1Nc1ccc2ncccc2c1. The van der Waals surface area contributed by atoms with Crippen LogP contribution in [0.1, 0.15) is 0 Å². The molecule has 0 aliphatic carbocycles. The number of hydrogen-bond donors (Lipinski definition) is 2. The van der Waals surface area contributed by atoms with Crippen LogP contribution in [-0.4, -0.2) is 15.0 Å². The second kappa shape index (κ2) is 4.29. The number of aromatic nitrogens is 3. The van der Waals surface area contributed by atoms with Crippen molar-refractivity contribution in [2.24, 2.45) is 0 Å². The predicted octanol–water partition coefficient (Wildman–Crippen LogP) is 2.35. The number of nitrogens with zero attached hydrogens (tertiary/aromatic N) is 3. The van der Waals surface area contributed by atoms with Crippen LogP contribution in [0.4, 0.5) is 17.2 Å². The maximum atomic E-state index is 5.78. The fourth-order valence-corrected chi connectivity index (χ4v) is 1.73. The quantitative estimate of drug-likeness (QED) is 0.715. The van der Waals surface area contributed by atoms with Crippen LogP contribution in [-0.2, 0) is 0 Å². The fraction of sp³-hybridized carbons (Fsp3) is 0. The minimum atomic E-state index is 0.517. The molecule has 0 unspecified atom stereocenters. The van der Waals surface area contributed by atoms with Crippen LogP contribution in [0.5, 0.6) is 0 Å². The van der Waals surface area contributed by atoms with E-state index in [9.17, 15) is 0 Å². The van der Waals surface area contributed by atoms with Crippen molar-refractivity contribution in [2.75, 3.05) is 11.1 Å². The van der Waals surface area contributed by atoms with Crippen LogP contribution in [0.3, 0.4) is 0 Å². The van der Waals surface area contributed by atoms with Gasteiger partial charge in [-0.25, -0.2) is 9.97 Å². The Morgan fingerprint density at radius 1 is 1.11 bits per heavy atom. The Balaban J connectivity index is 1.98. The number of anilines is 3. The Morgan fingerprint density at radius 3 is 2.94 bits per heavy atom. The normalized spacial score (nSPS) is 10.4. The zero-order chi connectivity index (χ0) is 12.4. The molecule has 0 aliphatic heterocycles. The van der Waals surface area contributed by atoms with Gasteiger partial charge >= 0.3 is 0 Å². The van der Waals surface area contributed by atoms with E-state index >= 15 is 0 Å². The van der Waals surface area contributed by atoms with E-state index in [1.807, 2.05) is 30.3 Å². The van der Waals surface area contributed by atoms with Crippen LogP contribution in [0.2, 0.25) is 0 Å². The highest BCUT2D eigenvalue weighted by molar-refractivity contribution is 5.83. The van der Waals surface area contributed by atoms with E-state index in [1.165, 1.54) is 6.33 Å². The van der Waals surface area contributed by atoms with Gasteiger partial charge in [0, 0.05) is 17.3 Å². The molecule has 0 bridgehead atoms. The van der Waals surface area contributed by atoms with Crippen LogP contribution < -0.4 is 11.1 Å². The van der Waals surface area contributed by atoms with Crippen molar-refractivity contribution in [1.29, 1.82) is 0 Å². The second-order valence-corrected chi connectivity index (χ2v) is 3.86. The van der Waals surface area contributed by atoms with Gasteiger partial charge in [-0.2, -0.15) is 0 Å². The van der Waals surface area contributed by atoms with Gasteiger partial charge in [0.15, 0.2) is 5.82 Å². The zero-order valence-corrected chi connectivity index (χ0v) is 9.54. The molecule has 3 rings (SSSR count). The maximum Gasteiger partial charge on any atom is 0.157 e. The van der Waals surface area contributed by atoms with Gasteiger partial charge in [0.05, 0.1) is 17.4 Å². The Hall–Kier alpha value is -2.69. The summed E-state index contributed by atoms with van der Waals surface area (Å²) in [6, 6.07) is 9.82. The van der Waals surface area contributed by atoms with Gasteiger partial charge in [-0.3, -0.25) is 4.98 Å². The highest BCUT2D eigenvalue weighted by Gasteiger charge is 2.01. The van der Waals surface area contributed by atoms with Gasteiger partial charge in [-0.1, -0.05) is 6.07 Å². The highest BCUT2D eigenvalue weighted by atomic mass is 15.0. The Morgan fingerprint density at radius 2 is 2.06 bits per heavy atom. The van der Waals surface area contributed by atoms with Gasteiger partial charge in [0.1, 0.15) is 6.33 Å². The molecule has 2 heterocycles. The topological polar surface area (TPSA) is 76.7 Å². The summed E-state index contributed by atoms with van der Waals surface area (Å²) in [5.74, 6) is 0.605. The molecule has 1 aromatic carbocycles. The number of fused-ring (bicyclic) bond motifs is 1. The lowest BCUT2D eigenvalue weighted by Crippen LogP contribution is -1.99. The molecule has 0 atom stereocenters. The minimum absolute atomic E-state index is 0.517. The van der Waals surface area contributed by atoms with E-state index in [0.717, 1.165) is 16.6 Å². The molecule has 18 heavy (non-hydrogen) atoms. The molecule has 0 saturated carbocycles. The Kier molecular flexibility index (Phi) is 2.49. The molecular formula is C13H11N5. The van der Waals surface area contributed by atoms with Crippen molar-refractivity contribution >= 4 is 28.1 Å². The van der Waals surface area contributed by atoms with Crippen molar-refractivity contribution in [3.05, 3.63) is 49.1 Å². The molecule has 3 N–H and O–H groups in total. The van der Waals surface area contributed by atoms with E-state index < -0.39 is 0 Å². The molecule has 5 heteroatoms. The molecule has 0 spiro atoms. The average Bonchev–Trinajstić information content (AvgIpc) is 2.41. The highest BCUT2D eigenvalue weighted by Crippen LogP contribution is 2.22. The third kappa shape index (κ3) is 1.93. The summed E-state index contributed by atoms with van der Waals surface area (Å²) in [4.78, 5) is 12.2. The summed E-state index contributed by atoms with van der Waals surface area (Å²) in [5, 5.41) is 4.23. The van der Waals surface area contributed by atoms with Crippen molar-refractivity contribution < 1.29 is 0 Å². The summed E-state index contributed by atoms with van der Waals surface area (Å²) in [6.07, 6.45) is 4.80. The lowest BCUT2D eigenvalue weighted by molar-refractivity contribution is 1.17. The van der Waals surface area contributed by atoms with Crippen LogP contribution in [0, 0.1) is 0 Å². The fourth-order valence-electron chi connectivity index (χ4n) is 1.73. The summed E-state index contributed by atoms with van der Waals surface area (Å²) < 4.78 is 0. The lowest BCUT2D eigenvalue weighted by Gasteiger charge is -2.08. The summed E-state index contributed by atoms with van der Waals surface area (Å²) >= 11 is 0. The Labute approximate surface area is 104 Å². The first-order valence-corrected chi connectivity index (χ1v) is 5.50. The predicted molar refractivity (Wildman–Crippen MR) is 71.5 cm³/mol. The van der Waals surface area contributed by atoms with Crippen molar-refractivity contribution in [3.63, 3.8) is 0 Å². The van der Waals surface area contributed by atoms with Crippen molar-refractivity contribution in [3.8, 4) is 0 Å². The van der Waals surface area contributed by atoms with E-state index in [4.69, 9.17) is 5.73 Å². The first-order valence-electron chi connectivity index (χ1n) is 5.50. The van der Waals surface area contributed by atoms with Crippen LogP contribution in [0.15, 0.2) is 49.1 Å². The molecule has 3 aromatic rings. The van der Waals surface area contributed by atoms with E-state index in [0.29, 0.717) is 11.5 Å². The molecule has 88 valence electrons. The smallest absolute Gasteiger partial charge is 0.157 e. The minimum Gasteiger partial charge on any atom is -0.394 e. The molecule has 5 nitrogen and oxygen atoms in total. The first kappa shape index (κ1) is 10.5. The summed E-state index contributed by atoms with van der Waals surface area (Å²) in [6.45, 7) is 0. The lowest BCUT2D eigenvalue weighted by atomic mass is 10.2. The van der Waals surface area contributed by atoms with E-state index in [1.54, 1.807) is 12.4 Å². The van der Waals surface area contributed by atoms with Crippen molar-refractivity contribution in [2.45, 2.75) is 0 Å². The number of nitrogens with one attached hydrogen (secondary N) is 1. The molecular weight excluding hydrogens is 226 g/mol. The molecule has 0 fully saturated rings. The maximum absolute atomic E-state index is 5.78. The molecule has 0 saturated heterocycles. The number of hydrogen-bond acceptors (Lipinski definition) is 5. The first-order chi connectivity index (χ1) is 8.83. The summed E-state index contributed by atoms with van der Waals surface area (Å²) in [7, 11) is 0. The average molecular weight is 237 g/mol. The zero-order valence-electron chi connectivity index (χ0n) is 9.54. The number of rotatable bonds is 2. The van der Waals surface area contributed by atoms with Crippen molar-refractivity contribution in [1.82, 2.24) is 15.0 Å². The van der Waals surface area contributed by atoms with Gasteiger partial charge in [-0.05, 0) is 24.3 Å². The number of benzene rings is 1. The van der Waals surface area contributed by atoms with Gasteiger partial charge in [0.25, 0.3) is 0 Å². The molecule has 2 aromatic heterocycles. The van der Waals surface area contributed by atoms with Gasteiger partial charge < -0.3 is 11.1 Å². The monoisotopic (exact) mass is 237 g/mol. The van der Waals surface area contributed by atoms with Gasteiger partial charge in [-0.15, -0.1) is 0 Å². The molecule has 0 radical (unpaired) electrons. The number of pyridine rings is 1. The van der Waals surface area contributed by atoms with E-state index in [-0.39, 0.29) is 0 Å².